The maximum atomic E-state index is 13.2. The lowest BCUT2D eigenvalue weighted by Crippen LogP contribution is -2.56. The molecule has 0 bridgehead atoms. The van der Waals surface area contributed by atoms with Crippen molar-refractivity contribution >= 4 is 17.8 Å². The van der Waals surface area contributed by atoms with Crippen LogP contribution in [0.25, 0.3) is 0 Å². The predicted molar refractivity (Wildman–Crippen MR) is 103 cm³/mol. The molecule has 3 atom stereocenters. The molecule has 3 rings (SSSR count). The molecule has 27 heavy (non-hydrogen) atoms. The highest BCUT2D eigenvalue weighted by molar-refractivity contribution is 6.09. The van der Waals surface area contributed by atoms with Gasteiger partial charge in [0.15, 0.2) is 0 Å². The summed E-state index contributed by atoms with van der Waals surface area (Å²) in [5, 5.41) is 2.93. The van der Waals surface area contributed by atoms with Gasteiger partial charge in [0.1, 0.15) is 12.1 Å². The molecule has 3 unspecified atom stereocenters. The van der Waals surface area contributed by atoms with Crippen molar-refractivity contribution in [2.75, 3.05) is 19.6 Å². The van der Waals surface area contributed by atoms with Gasteiger partial charge in [0.25, 0.3) is 5.91 Å². The molecule has 3 aliphatic rings. The van der Waals surface area contributed by atoms with Crippen LogP contribution in [0.5, 0.6) is 0 Å². The minimum absolute atomic E-state index is 0.0202. The lowest BCUT2D eigenvalue weighted by atomic mass is 9.64. The molecule has 152 valence electrons. The summed E-state index contributed by atoms with van der Waals surface area (Å²) in [6.45, 7) is 11.4. The molecule has 0 aromatic carbocycles. The van der Waals surface area contributed by atoms with Crippen LogP contribution in [0, 0.1) is 16.7 Å². The molecule has 1 spiro atoms. The van der Waals surface area contributed by atoms with Gasteiger partial charge in [-0.3, -0.25) is 14.5 Å². The van der Waals surface area contributed by atoms with Gasteiger partial charge in [-0.15, -0.1) is 0 Å². The van der Waals surface area contributed by atoms with E-state index in [2.05, 4.69) is 26.1 Å². The van der Waals surface area contributed by atoms with Crippen LogP contribution < -0.4 is 11.1 Å². The quantitative estimate of drug-likeness (QED) is 0.715. The number of rotatable bonds is 2. The zero-order valence-electron chi connectivity index (χ0n) is 17.3. The summed E-state index contributed by atoms with van der Waals surface area (Å²) in [5.74, 6) is -0.0786. The minimum Gasteiger partial charge on any atom is -0.340 e. The molecule has 2 heterocycles. The Balaban J connectivity index is 1.72. The first kappa shape index (κ1) is 20.1. The van der Waals surface area contributed by atoms with Crippen molar-refractivity contribution < 1.29 is 14.4 Å². The van der Waals surface area contributed by atoms with E-state index in [-0.39, 0.29) is 35.2 Å². The van der Waals surface area contributed by atoms with Gasteiger partial charge in [0.2, 0.25) is 5.91 Å². The maximum absolute atomic E-state index is 13.2. The number of nitrogens with two attached hydrogens (primary N) is 1. The smallest absolute Gasteiger partial charge is 0.325 e. The number of amides is 4. The fraction of sp³-hybridized carbons (Fsp3) is 0.850. The van der Waals surface area contributed by atoms with Gasteiger partial charge in [-0.25, -0.2) is 4.79 Å². The Morgan fingerprint density at radius 1 is 1.22 bits per heavy atom. The molecule has 0 radical (unpaired) electrons. The second-order valence-electron chi connectivity index (χ2n) is 10.5. The summed E-state index contributed by atoms with van der Waals surface area (Å²) in [4.78, 5) is 41.4. The molecule has 3 N–H and O–H groups in total. The number of nitrogens with one attached hydrogen (secondary N) is 1. The Labute approximate surface area is 162 Å². The van der Waals surface area contributed by atoms with Crippen LogP contribution in [0.2, 0.25) is 0 Å². The Morgan fingerprint density at radius 3 is 2.48 bits per heavy atom. The monoisotopic (exact) mass is 378 g/mol. The Bertz CT molecular complexity index is 660. The van der Waals surface area contributed by atoms with Crippen molar-refractivity contribution in [1.82, 2.24) is 15.1 Å². The van der Waals surface area contributed by atoms with Gasteiger partial charge >= 0.3 is 6.03 Å². The summed E-state index contributed by atoms with van der Waals surface area (Å²) in [6, 6.07) is -0.390. The predicted octanol–water partition coefficient (Wildman–Crippen LogP) is 1.71. The number of hydrogen-bond donors (Lipinski definition) is 2. The number of likely N-dealkylation sites (tertiary alicyclic amines) is 1. The molecular formula is C20H34N4O3. The van der Waals surface area contributed by atoms with Gasteiger partial charge in [-0.1, -0.05) is 34.6 Å². The zero-order valence-corrected chi connectivity index (χ0v) is 17.3. The van der Waals surface area contributed by atoms with E-state index in [4.69, 9.17) is 5.73 Å². The number of imide groups is 1. The van der Waals surface area contributed by atoms with Crippen LogP contribution in [-0.2, 0) is 9.59 Å². The van der Waals surface area contributed by atoms with Crippen molar-refractivity contribution in [3.63, 3.8) is 0 Å². The van der Waals surface area contributed by atoms with E-state index in [1.807, 2.05) is 13.8 Å². The van der Waals surface area contributed by atoms with Crippen LogP contribution in [0.3, 0.4) is 0 Å². The van der Waals surface area contributed by atoms with Gasteiger partial charge in [-0.05, 0) is 42.4 Å². The SMILES string of the molecule is CC1CC(C)(C)CC2(C1)NC(=O)N(CC(=O)N1CCC(N)C(C)(C)C1)C2=O. The minimum atomic E-state index is -0.859. The molecular weight excluding hydrogens is 344 g/mol. The Morgan fingerprint density at radius 2 is 1.89 bits per heavy atom. The summed E-state index contributed by atoms with van der Waals surface area (Å²) in [6.07, 6.45) is 3.01. The third-order valence-corrected chi connectivity index (χ3v) is 6.58. The number of carbonyl (C=O) groups excluding carboxylic acids is 3. The fourth-order valence-electron chi connectivity index (χ4n) is 5.47. The van der Waals surface area contributed by atoms with Crippen molar-refractivity contribution in [1.29, 1.82) is 0 Å². The second-order valence-corrected chi connectivity index (χ2v) is 10.5. The van der Waals surface area contributed by atoms with E-state index < -0.39 is 11.6 Å². The van der Waals surface area contributed by atoms with Crippen LogP contribution in [0.1, 0.15) is 60.3 Å². The van der Waals surface area contributed by atoms with Crippen molar-refractivity contribution in [3.05, 3.63) is 0 Å². The highest BCUT2D eigenvalue weighted by Gasteiger charge is 2.56. The lowest BCUT2D eigenvalue weighted by Gasteiger charge is -2.44. The fourth-order valence-corrected chi connectivity index (χ4v) is 5.47. The molecule has 0 aromatic heterocycles. The molecule has 2 saturated heterocycles. The average molecular weight is 379 g/mol. The van der Waals surface area contributed by atoms with E-state index >= 15 is 0 Å². The Kier molecular flexibility index (Phi) is 4.82. The molecule has 7 heteroatoms. The summed E-state index contributed by atoms with van der Waals surface area (Å²) in [5.41, 5.74) is 5.10. The number of urea groups is 1. The molecule has 1 aliphatic carbocycles. The molecule has 0 aromatic rings. The second kappa shape index (κ2) is 6.47. The van der Waals surface area contributed by atoms with Crippen LogP contribution >= 0.6 is 0 Å². The molecule has 3 fully saturated rings. The summed E-state index contributed by atoms with van der Waals surface area (Å²) in [7, 11) is 0. The largest absolute Gasteiger partial charge is 0.340 e. The first-order valence-corrected chi connectivity index (χ1v) is 10.0. The van der Waals surface area contributed by atoms with Crippen molar-refractivity contribution in [3.8, 4) is 0 Å². The van der Waals surface area contributed by atoms with Gasteiger partial charge < -0.3 is 16.0 Å². The topological polar surface area (TPSA) is 95.7 Å². The third-order valence-electron chi connectivity index (χ3n) is 6.58. The molecule has 1 saturated carbocycles. The number of hydrogen-bond acceptors (Lipinski definition) is 4. The highest BCUT2D eigenvalue weighted by atomic mass is 16.2. The normalized spacial score (nSPS) is 35.5. The zero-order chi connectivity index (χ0) is 20.2. The molecule has 4 amide bonds. The van der Waals surface area contributed by atoms with Crippen molar-refractivity contribution in [2.24, 2.45) is 22.5 Å². The first-order chi connectivity index (χ1) is 12.4. The van der Waals surface area contributed by atoms with Crippen LogP contribution in [0.15, 0.2) is 0 Å². The standard InChI is InChI=1S/C20H34N4O3/c1-13-8-18(2,3)11-20(9-13)16(26)24(17(27)22-20)10-15(25)23-7-6-14(21)19(4,5)12-23/h13-14H,6-12,21H2,1-5H3,(H,22,27). The summed E-state index contributed by atoms with van der Waals surface area (Å²) < 4.78 is 0. The van der Waals surface area contributed by atoms with Gasteiger partial charge in [0.05, 0.1) is 0 Å². The van der Waals surface area contributed by atoms with Gasteiger partial charge in [-0.2, -0.15) is 0 Å². The van der Waals surface area contributed by atoms with E-state index in [0.29, 0.717) is 31.8 Å². The summed E-state index contributed by atoms with van der Waals surface area (Å²) >= 11 is 0. The van der Waals surface area contributed by atoms with E-state index in [0.717, 1.165) is 17.7 Å². The Hall–Kier alpha value is -1.63. The van der Waals surface area contributed by atoms with E-state index in [9.17, 15) is 14.4 Å². The molecule has 7 nitrogen and oxygen atoms in total. The third kappa shape index (κ3) is 3.71. The number of piperidine rings is 1. The molecule has 2 aliphatic heterocycles. The average Bonchev–Trinajstić information content (AvgIpc) is 2.71. The highest BCUT2D eigenvalue weighted by Crippen LogP contribution is 2.46. The van der Waals surface area contributed by atoms with E-state index in [1.54, 1.807) is 4.90 Å². The van der Waals surface area contributed by atoms with Gasteiger partial charge in [0, 0.05) is 19.1 Å². The van der Waals surface area contributed by atoms with Crippen LogP contribution in [0.4, 0.5) is 4.79 Å². The first-order valence-electron chi connectivity index (χ1n) is 10.0. The maximum Gasteiger partial charge on any atom is 0.325 e. The number of carbonyl (C=O) groups is 3. The van der Waals surface area contributed by atoms with E-state index in [1.165, 1.54) is 0 Å². The number of nitrogens with zero attached hydrogens (tertiary/aromatic N) is 2. The van der Waals surface area contributed by atoms with Crippen LogP contribution in [-0.4, -0.2) is 58.9 Å². The van der Waals surface area contributed by atoms with Crippen molar-refractivity contribution in [2.45, 2.75) is 71.9 Å². The lowest BCUT2D eigenvalue weighted by molar-refractivity contribution is -0.142.